The van der Waals surface area contributed by atoms with Crippen molar-refractivity contribution in [2.45, 2.75) is 32.0 Å². The van der Waals surface area contributed by atoms with Crippen LogP contribution in [0.25, 0.3) is 11.0 Å². The third-order valence-electron chi connectivity index (χ3n) is 5.63. The number of amides is 2. The van der Waals surface area contributed by atoms with E-state index in [0.29, 0.717) is 10.8 Å². The van der Waals surface area contributed by atoms with Gasteiger partial charge in [-0.2, -0.15) is 0 Å². The van der Waals surface area contributed by atoms with E-state index in [1.54, 1.807) is 31.4 Å². The zero-order chi connectivity index (χ0) is 24.8. The third kappa shape index (κ3) is 5.84. The van der Waals surface area contributed by atoms with Gasteiger partial charge in [0.15, 0.2) is 5.16 Å². The van der Waals surface area contributed by atoms with Crippen molar-refractivity contribution in [2.75, 3.05) is 23.5 Å². The molecule has 0 aliphatic heterocycles. The number of nitrogens with zero attached hydrogens (tertiary/aromatic N) is 2. The molecule has 0 radical (unpaired) electrons. The SMILES string of the molecule is CCc1cccc(C)c1NC(=O)Cn1c(SCC(=O)Nc2ccc(OC)cc2)nc2ccccc21. The summed E-state index contributed by atoms with van der Waals surface area (Å²) in [6.45, 7) is 4.16. The number of thioether (sulfide) groups is 1. The molecule has 7 nitrogen and oxygen atoms in total. The molecule has 4 rings (SSSR count). The summed E-state index contributed by atoms with van der Waals surface area (Å²) in [4.78, 5) is 30.3. The van der Waals surface area contributed by atoms with Crippen molar-refractivity contribution < 1.29 is 14.3 Å². The molecular formula is C27H28N4O3S. The first-order valence-corrected chi connectivity index (χ1v) is 12.4. The summed E-state index contributed by atoms with van der Waals surface area (Å²) in [6.07, 6.45) is 0.829. The smallest absolute Gasteiger partial charge is 0.244 e. The predicted octanol–water partition coefficient (Wildman–Crippen LogP) is 5.29. The molecule has 0 saturated carbocycles. The van der Waals surface area contributed by atoms with Crippen LogP contribution in [0, 0.1) is 6.92 Å². The fourth-order valence-electron chi connectivity index (χ4n) is 3.84. The van der Waals surface area contributed by atoms with Crippen LogP contribution in [-0.2, 0) is 22.6 Å². The average Bonchev–Trinajstić information content (AvgIpc) is 3.21. The summed E-state index contributed by atoms with van der Waals surface area (Å²) in [7, 11) is 1.60. The number of benzene rings is 3. The summed E-state index contributed by atoms with van der Waals surface area (Å²) < 4.78 is 7.01. The highest BCUT2D eigenvalue weighted by atomic mass is 32.2. The highest BCUT2D eigenvalue weighted by molar-refractivity contribution is 7.99. The van der Waals surface area contributed by atoms with Crippen molar-refractivity contribution in [1.82, 2.24) is 9.55 Å². The van der Waals surface area contributed by atoms with Crippen LogP contribution < -0.4 is 15.4 Å². The Morgan fingerprint density at radius 1 is 0.971 bits per heavy atom. The Morgan fingerprint density at radius 3 is 2.49 bits per heavy atom. The number of hydrogen-bond donors (Lipinski definition) is 2. The molecule has 35 heavy (non-hydrogen) atoms. The normalized spacial score (nSPS) is 10.8. The highest BCUT2D eigenvalue weighted by Crippen LogP contribution is 2.26. The Kier molecular flexibility index (Phi) is 7.72. The number of hydrogen-bond acceptors (Lipinski definition) is 5. The van der Waals surface area contributed by atoms with Crippen molar-refractivity contribution in [1.29, 1.82) is 0 Å². The Labute approximate surface area is 208 Å². The van der Waals surface area contributed by atoms with Crippen LogP contribution in [0.5, 0.6) is 5.75 Å². The molecule has 2 amide bonds. The van der Waals surface area contributed by atoms with Crippen LogP contribution in [0.1, 0.15) is 18.1 Å². The highest BCUT2D eigenvalue weighted by Gasteiger charge is 2.17. The lowest BCUT2D eigenvalue weighted by Crippen LogP contribution is -2.21. The first-order chi connectivity index (χ1) is 17.0. The molecule has 8 heteroatoms. The molecule has 0 atom stereocenters. The number of para-hydroxylation sites is 3. The lowest BCUT2D eigenvalue weighted by molar-refractivity contribution is -0.117. The van der Waals surface area contributed by atoms with Gasteiger partial charge in [-0.3, -0.25) is 9.59 Å². The number of anilines is 2. The number of aryl methyl sites for hydroxylation is 2. The zero-order valence-electron chi connectivity index (χ0n) is 20.0. The van der Waals surface area contributed by atoms with Crippen molar-refractivity contribution in [2.24, 2.45) is 0 Å². The largest absolute Gasteiger partial charge is 0.497 e. The molecule has 0 bridgehead atoms. The summed E-state index contributed by atoms with van der Waals surface area (Å²) in [5, 5.41) is 6.58. The Bertz CT molecular complexity index is 1350. The fraction of sp³-hybridized carbons (Fsp3) is 0.222. The second-order valence-corrected chi connectivity index (χ2v) is 8.99. The minimum absolute atomic E-state index is 0.0977. The van der Waals surface area contributed by atoms with E-state index >= 15 is 0 Å². The van der Waals surface area contributed by atoms with E-state index in [0.717, 1.165) is 40.0 Å². The van der Waals surface area contributed by atoms with E-state index in [2.05, 4.69) is 22.5 Å². The number of imidazole rings is 1. The number of carbonyl (C=O) groups is 2. The molecule has 0 aliphatic rings. The quantitative estimate of drug-likeness (QED) is 0.313. The van der Waals surface area contributed by atoms with Crippen molar-refractivity contribution in [3.8, 4) is 5.75 Å². The minimum Gasteiger partial charge on any atom is -0.497 e. The monoisotopic (exact) mass is 488 g/mol. The van der Waals surface area contributed by atoms with Gasteiger partial charge in [0.2, 0.25) is 11.8 Å². The van der Waals surface area contributed by atoms with Gasteiger partial charge in [-0.05, 0) is 60.9 Å². The lowest BCUT2D eigenvalue weighted by Gasteiger charge is -2.14. The first kappa shape index (κ1) is 24.3. The van der Waals surface area contributed by atoms with Crippen LogP contribution in [-0.4, -0.2) is 34.2 Å². The van der Waals surface area contributed by atoms with Gasteiger partial charge in [-0.1, -0.05) is 49.0 Å². The number of fused-ring (bicyclic) bond motifs is 1. The Morgan fingerprint density at radius 2 is 1.74 bits per heavy atom. The summed E-state index contributed by atoms with van der Waals surface area (Å²) >= 11 is 1.30. The van der Waals surface area contributed by atoms with Crippen molar-refractivity contribution >= 4 is 46.0 Å². The fourth-order valence-corrected chi connectivity index (χ4v) is 4.66. The number of carbonyl (C=O) groups excluding carboxylic acids is 2. The molecule has 2 N–H and O–H groups in total. The molecule has 0 saturated heterocycles. The molecule has 4 aromatic rings. The van der Waals surface area contributed by atoms with E-state index in [-0.39, 0.29) is 24.1 Å². The third-order valence-corrected chi connectivity index (χ3v) is 6.61. The van der Waals surface area contributed by atoms with Crippen LogP contribution >= 0.6 is 11.8 Å². The number of methoxy groups -OCH3 is 1. The maximum absolute atomic E-state index is 13.1. The van der Waals surface area contributed by atoms with Crippen LogP contribution in [0.4, 0.5) is 11.4 Å². The van der Waals surface area contributed by atoms with Gasteiger partial charge in [0, 0.05) is 11.4 Å². The van der Waals surface area contributed by atoms with Gasteiger partial charge in [-0.15, -0.1) is 0 Å². The molecule has 0 spiro atoms. The van der Waals surface area contributed by atoms with E-state index < -0.39 is 0 Å². The van der Waals surface area contributed by atoms with Crippen molar-refractivity contribution in [3.05, 3.63) is 77.9 Å². The summed E-state index contributed by atoms with van der Waals surface area (Å²) in [6, 6.07) is 20.8. The van der Waals surface area contributed by atoms with Gasteiger partial charge in [0.05, 0.1) is 23.9 Å². The van der Waals surface area contributed by atoms with Crippen LogP contribution in [0.15, 0.2) is 71.9 Å². The molecule has 3 aromatic carbocycles. The summed E-state index contributed by atoms with van der Waals surface area (Å²) in [5.41, 5.74) is 5.30. The minimum atomic E-state index is -0.157. The molecular weight excluding hydrogens is 460 g/mol. The number of aromatic nitrogens is 2. The second kappa shape index (κ2) is 11.1. The van der Waals surface area contributed by atoms with Crippen molar-refractivity contribution in [3.63, 3.8) is 0 Å². The Hall–Kier alpha value is -3.78. The zero-order valence-corrected chi connectivity index (χ0v) is 20.8. The molecule has 180 valence electrons. The maximum Gasteiger partial charge on any atom is 0.244 e. The van der Waals surface area contributed by atoms with E-state index in [4.69, 9.17) is 4.74 Å². The predicted molar refractivity (Wildman–Crippen MR) is 141 cm³/mol. The lowest BCUT2D eigenvalue weighted by atomic mass is 10.1. The maximum atomic E-state index is 13.1. The number of rotatable bonds is 9. The van der Waals surface area contributed by atoms with Gasteiger partial charge in [0.25, 0.3) is 0 Å². The second-order valence-electron chi connectivity index (χ2n) is 8.05. The van der Waals surface area contributed by atoms with Gasteiger partial charge < -0.3 is 19.9 Å². The van der Waals surface area contributed by atoms with Gasteiger partial charge in [0.1, 0.15) is 12.3 Å². The topological polar surface area (TPSA) is 85.2 Å². The molecule has 0 unspecified atom stereocenters. The average molecular weight is 489 g/mol. The standard InChI is InChI=1S/C27H28N4O3S/c1-4-19-9-7-8-18(2)26(19)30-24(32)16-31-23-11-6-5-10-22(23)29-27(31)35-17-25(33)28-20-12-14-21(34-3)15-13-20/h5-15H,4,16-17H2,1-3H3,(H,28,33)(H,30,32). The Balaban J connectivity index is 1.49. The molecule has 0 fully saturated rings. The number of nitrogens with one attached hydrogen (secondary N) is 2. The van der Waals surface area contributed by atoms with Gasteiger partial charge >= 0.3 is 0 Å². The van der Waals surface area contributed by atoms with Crippen LogP contribution in [0.2, 0.25) is 0 Å². The molecule has 1 heterocycles. The van der Waals surface area contributed by atoms with E-state index in [1.807, 2.05) is 54.0 Å². The summed E-state index contributed by atoms with van der Waals surface area (Å²) in [5.74, 6) is 0.591. The van der Waals surface area contributed by atoms with Gasteiger partial charge in [-0.25, -0.2) is 4.98 Å². The van der Waals surface area contributed by atoms with E-state index in [1.165, 1.54) is 11.8 Å². The molecule has 0 aliphatic carbocycles. The molecule has 1 aromatic heterocycles. The first-order valence-electron chi connectivity index (χ1n) is 11.4. The number of ether oxygens (including phenoxy) is 1. The van der Waals surface area contributed by atoms with E-state index in [9.17, 15) is 9.59 Å². The van der Waals surface area contributed by atoms with Crippen LogP contribution in [0.3, 0.4) is 0 Å².